The molecule has 0 atom stereocenters. The van der Waals surface area contributed by atoms with Crippen LogP contribution in [0.2, 0.25) is 0 Å². The van der Waals surface area contributed by atoms with Gasteiger partial charge in [0.05, 0.1) is 7.11 Å². The van der Waals surface area contributed by atoms with Crippen LogP contribution in [0.1, 0.15) is 15.9 Å². The number of allylic oxidation sites excluding steroid dienone is 1. The molecule has 0 aromatic heterocycles. The summed E-state index contributed by atoms with van der Waals surface area (Å²) < 4.78 is 5.02. The lowest BCUT2D eigenvalue weighted by Gasteiger charge is -2.08. The fourth-order valence-corrected chi connectivity index (χ4v) is 1.93. The molecule has 0 saturated heterocycles. The number of ketones is 1. The molecule has 0 radical (unpaired) electrons. The predicted molar refractivity (Wildman–Crippen MR) is 84.3 cm³/mol. The van der Waals surface area contributed by atoms with E-state index in [0.29, 0.717) is 0 Å². The van der Waals surface area contributed by atoms with Gasteiger partial charge in [-0.15, -0.1) is 0 Å². The summed E-state index contributed by atoms with van der Waals surface area (Å²) in [7, 11) is 3.35. The first-order valence-corrected chi connectivity index (χ1v) is 6.40. The minimum absolute atomic E-state index is 0.0265. The molecular weight excluding hydrogens is 267 g/mol. The Morgan fingerprint density at radius 1 is 1.19 bits per heavy atom. The highest BCUT2D eigenvalue weighted by Gasteiger charge is 2.16. The number of ether oxygens (including phenoxy) is 1. The Labute approximate surface area is 123 Å². The van der Waals surface area contributed by atoms with Crippen molar-refractivity contribution < 1.29 is 19.7 Å². The zero-order valence-corrected chi connectivity index (χ0v) is 11.8. The fraction of sp³-hybridized carbons (Fsp3) is 0.0625. The van der Waals surface area contributed by atoms with Gasteiger partial charge in [0.2, 0.25) is 0 Å². The Kier molecular flexibility index (Phi) is 4.33. The average Bonchev–Trinajstić information content (AvgIpc) is 2.45. The minimum atomic E-state index is -0.398. The topological polar surface area (TPSA) is 66.8 Å². The van der Waals surface area contributed by atoms with Crippen molar-refractivity contribution in [3.05, 3.63) is 53.6 Å². The molecule has 2 rings (SSSR count). The van der Waals surface area contributed by atoms with Gasteiger partial charge in [-0.3, -0.25) is 4.79 Å². The summed E-state index contributed by atoms with van der Waals surface area (Å²) >= 11 is 0. The second-order valence-electron chi connectivity index (χ2n) is 4.65. The van der Waals surface area contributed by atoms with Gasteiger partial charge in [0, 0.05) is 12.1 Å². The molecule has 0 unspecified atom stereocenters. The van der Waals surface area contributed by atoms with E-state index in [9.17, 15) is 15.0 Å². The summed E-state index contributed by atoms with van der Waals surface area (Å²) in [5.41, 5.74) is 2.04. The SMILES string of the molecule is Bc1ccc(/C=C/C(=O)c2c(O)cc(O)cc2OC)cc1. The van der Waals surface area contributed by atoms with Gasteiger partial charge in [-0.05, 0) is 11.6 Å². The highest BCUT2D eigenvalue weighted by Crippen LogP contribution is 2.33. The number of carbonyl (C=O) groups excluding carboxylic acids is 1. The first-order valence-electron chi connectivity index (χ1n) is 6.40. The van der Waals surface area contributed by atoms with Gasteiger partial charge in [0.25, 0.3) is 0 Å². The van der Waals surface area contributed by atoms with Crippen molar-refractivity contribution in [1.82, 2.24) is 0 Å². The van der Waals surface area contributed by atoms with Crippen LogP contribution in [-0.2, 0) is 0 Å². The third kappa shape index (κ3) is 3.45. The zero-order valence-electron chi connectivity index (χ0n) is 11.8. The second-order valence-corrected chi connectivity index (χ2v) is 4.65. The molecule has 0 heterocycles. The Balaban J connectivity index is 2.30. The van der Waals surface area contributed by atoms with Gasteiger partial charge in [0.15, 0.2) is 5.78 Å². The number of carbonyl (C=O) groups is 1. The number of methoxy groups -OCH3 is 1. The Hall–Kier alpha value is -2.69. The molecule has 2 aromatic carbocycles. The van der Waals surface area contributed by atoms with Crippen LogP contribution < -0.4 is 10.2 Å². The predicted octanol–water partition coefficient (Wildman–Crippen LogP) is 1.26. The molecule has 0 aliphatic carbocycles. The molecule has 21 heavy (non-hydrogen) atoms. The van der Waals surface area contributed by atoms with Crippen molar-refractivity contribution in [2.75, 3.05) is 7.11 Å². The number of phenols is 2. The lowest BCUT2D eigenvalue weighted by molar-refractivity contribution is 0.104. The average molecular weight is 282 g/mol. The Morgan fingerprint density at radius 3 is 2.48 bits per heavy atom. The van der Waals surface area contributed by atoms with E-state index in [4.69, 9.17) is 4.74 Å². The summed E-state index contributed by atoms with van der Waals surface area (Å²) in [6.45, 7) is 0. The van der Waals surface area contributed by atoms with E-state index in [1.54, 1.807) is 6.08 Å². The van der Waals surface area contributed by atoms with Crippen LogP contribution in [0.5, 0.6) is 17.2 Å². The van der Waals surface area contributed by atoms with Crippen molar-refractivity contribution >= 4 is 25.2 Å². The molecular formula is C16H15BO4. The molecule has 0 spiro atoms. The van der Waals surface area contributed by atoms with Crippen molar-refractivity contribution in [2.24, 2.45) is 0 Å². The molecule has 0 aliphatic rings. The van der Waals surface area contributed by atoms with Gasteiger partial charge in [-0.1, -0.05) is 35.8 Å². The van der Waals surface area contributed by atoms with E-state index < -0.39 is 5.78 Å². The highest BCUT2D eigenvalue weighted by molar-refractivity contribution is 6.32. The van der Waals surface area contributed by atoms with Crippen LogP contribution in [0, 0.1) is 0 Å². The van der Waals surface area contributed by atoms with Crippen LogP contribution in [0.3, 0.4) is 0 Å². The van der Waals surface area contributed by atoms with E-state index in [1.807, 2.05) is 32.1 Å². The van der Waals surface area contributed by atoms with E-state index in [1.165, 1.54) is 19.3 Å². The molecule has 0 saturated carbocycles. The van der Waals surface area contributed by atoms with Crippen LogP contribution in [0.25, 0.3) is 6.08 Å². The summed E-state index contributed by atoms with van der Waals surface area (Å²) in [5.74, 6) is -0.746. The molecule has 0 bridgehead atoms. The summed E-state index contributed by atoms with van der Waals surface area (Å²) in [5, 5.41) is 19.2. The van der Waals surface area contributed by atoms with Crippen molar-refractivity contribution in [2.45, 2.75) is 0 Å². The third-order valence-corrected chi connectivity index (χ3v) is 3.04. The van der Waals surface area contributed by atoms with E-state index >= 15 is 0 Å². The summed E-state index contributed by atoms with van der Waals surface area (Å²) in [4.78, 5) is 12.2. The van der Waals surface area contributed by atoms with Crippen LogP contribution in [-0.4, -0.2) is 31.0 Å². The third-order valence-electron chi connectivity index (χ3n) is 3.04. The van der Waals surface area contributed by atoms with Gasteiger partial charge in [0.1, 0.15) is 30.7 Å². The highest BCUT2D eigenvalue weighted by atomic mass is 16.5. The normalized spacial score (nSPS) is 10.7. The smallest absolute Gasteiger partial charge is 0.193 e. The maximum absolute atomic E-state index is 12.2. The van der Waals surface area contributed by atoms with E-state index in [2.05, 4.69) is 0 Å². The maximum Gasteiger partial charge on any atom is 0.193 e. The number of phenolic OH excluding ortho intramolecular Hbond substituents is 2. The van der Waals surface area contributed by atoms with Gasteiger partial charge >= 0.3 is 0 Å². The number of hydrogen-bond donors (Lipinski definition) is 2. The van der Waals surface area contributed by atoms with Crippen LogP contribution in [0.4, 0.5) is 0 Å². The molecule has 106 valence electrons. The van der Waals surface area contributed by atoms with Gasteiger partial charge in [-0.25, -0.2) is 0 Å². The number of benzene rings is 2. The summed E-state index contributed by atoms with van der Waals surface area (Å²) in [6, 6.07) is 10.1. The lowest BCUT2D eigenvalue weighted by atomic mass is 9.95. The molecule has 5 heteroatoms. The zero-order chi connectivity index (χ0) is 15.4. The molecule has 2 N–H and O–H groups in total. The Morgan fingerprint density at radius 2 is 1.86 bits per heavy atom. The monoisotopic (exact) mass is 282 g/mol. The Bertz CT molecular complexity index is 690. The fourth-order valence-electron chi connectivity index (χ4n) is 1.93. The van der Waals surface area contributed by atoms with E-state index in [-0.39, 0.29) is 22.8 Å². The van der Waals surface area contributed by atoms with Gasteiger partial charge in [-0.2, -0.15) is 0 Å². The first kappa shape index (κ1) is 14.7. The first-order chi connectivity index (χ1) is 10.0. The molecule has 0 fully saturated rings. The molecule has 2 aromatic rings. The van der Waals surface area contributed by atoms with Crippen molar-refractivity contribution in [3.63, 3.8) is 0 Å². The summed E-state index contributed by atoms with van der Waals surface area (Å²) in [6.07, 6.45) is 3.02. The second kappa shape index (κ2) is 6.18. The number of aromatic hydroxyl groups is 2. The number of rotatable bonds is 4. The lowest BCUT2D eigenvalue weighted by Crippen LogP contribution is -2.00. The standard InChI is InChI=1S/C16H15BO4/c1-21-15-9-12(18)8-14(20)16(15)13(19)7-4-10-2-5-11(17)6-3-10/h2-9,18,20H,17H2,1H3/b7-4+. The number of hydrogen-bond acceptors (Lipinski definition) is 4. The maximum atomic E-state index is 12.2. The van der Waals surface area contributed by atoms with Crippen LogP contribution >= 0.6 is 0 Å². The van der Waals surface area contributed by atoms with Gasteiger partial charge < -0.3 is 14.9 Å². The molecule has 4 nitrogen and oxygen atoms in total. The van der Waals surface area contributed by atoms with Crippen molar-refractivity contribution in [1.29, 1.82) is 0 Å². The largest absolute Gasteiger partial charge is 0.508 e. The minimum Gasteiger partial charge on any atom is -0.508 e. The van der Waals surface area contributed by atoms with E-state index in [0.717, 1.165) is 17.1 Å². The van der Waals surface area contributed by atoms with Crippen molar-refractivity contribution in [3.8, 4) is 17.2 Å². The quantitative estimate of drug-likeness (QED) is 0.503. The molecule has 0 amide bonds. The van der Waals surface area contributed by atoms with Crippen LogP contribution in [0.15, 0.2) is 42.5 Å². The molecule has 0 aliphatic heterocycles.